The number of nitrogens with zero attached hydrogens (tertiary/aromatic N) is 3. The summed E-state index contributed by atoms with van der Waals surface area (Å²) in [7, 11) is 1.65. The second-order valence-corrected chi connectivity index (χ2v) is 9.73. The third-order valence-corrected chi connectivity index (χ3v) is 7.25. The van der Waals surface area contributed by atoms with Gasteiger partial charge >= 0.3 is 0 Å². The Labute approximate surface area is 233 Å². The Morgan fingerprint density at radius 3 is 2.08 bits per heavy atom. The fraction of sp³-hybridized carbons (Fsp3) is 0.125. The molecule has 2 atom stereocenters. The first-order chi connectivity index (χ1) is 19.1. The topological polar surface area (TPSA) is 51.6 Å². The van der Waals surface area contributed by atoms with Gasteiger partial charge < -0.3 is 24.3 Å². The van der Waals surface area contributed by atoms with Gasteiger partial charge in [-0.05, 0) is 104 Å². The molecule has 1 aliphatic heterocycles. The highest BCUT2D eigenvalue weighted by Crippen LogP contribution is 2.43. The van der Waals surface area contributed by atoms with Gasteiger partial charge in [0.1, 0.15) is 23.3 Å². The summed E-state index contributed by atoms with van der Waals surface area (Å²) < 4.78 is 13.6. The Bertz CT molecular complexity index is 1570. The van der Waals surface area contributed by atoms with E-state index in [2.05, 4.69) is 58.1 Å². The number of hydrogen-bond donors (Lipinski definition) is 1. The average molecular weight is 533 g/mol. The number of rotatable bonds is 7. The van der Waals surface area contributed by atoms with E-state index in [9.17, 15) is 0 Å². The number of aryl methyl sites for hydroxylation is 1. The lowest BCUT2D eigenvalue weighted by Gasteiger charge is -2.29. The number of aromatic nitrogens is 2. The van der Waals surface area contributed by atoms with E-state index in [-0.39, 0.29) is 12.1 Å². The minimum absolute atomic E-state index is 0.130. The molecule has 0 aliphatic carbocycles. The van der Waals surface area contributed by atoms with Crippen LogP contribution in [0.1, 0.15) is 29.2 Å². The molecule has 3 aromatic carbocycles. The largest absolute Gasteiger partial charge is 0.497 e. The van der Waals surface area contributed by atoms with E-state index in [1.807, 2.05) is 79.0 Å². The molecule has 5 aromatic rings. The Balaban J connectivity index is 1.38. The molecule has 6 rings (SSSR count). The highest BCUT2D eigenvalue weighted by atomic mass is 32.1. The van der Waals surface area contributed by atoms with Gasteiger partial charge in [-0.3, -0.25) is 4.98 Å². The minimum atomic E-state index is -0.134. The number of hydrogen-bond acceptors (Lipinski definition) is 4. The van der Waals surface area contributed by atoms with Crippen molar-refractivity contribution in [1.82, 2.24) is 14.9 Å². The zero-order chi connectivity index (χ0) is 26.8. The lowest BCUT2D eigenvalue weighted by molar-refractivity contribution is 0.413. The average Bonchev–Trinajstić information content (AvgIpc) is 3.54. The van der Waals surface area contributed by atoms with Crippen molar-refractivity contribution < 1.29 is 9.47 Å². The molecule has 39 heavy (non-hydrogen) atoms. The number of pyridine rings is 1. The van der Waals surface area contributed by atoms with Crippen LogP contribution in [-0.4, -0.2) is 21.8 Å². The van der Waals surface area contributed by atoms with Gasteiger partial charge in [-0.25, -0.2) is 0 Å². The van der Waals surface area contributed by atoms with Crippen molar-refractivity contribution in [1.29, 1.82) is 0 Å². The number of benzene rings is 3. The molecule has 0 radical (unpaired) electrons. The van der Waals surface area contributed by atoms with E-state index < -0.39 is 0 Å². The molecule has 194 valence electrons. The van der Waals surface area contributed by atoms with Crippen LogP contribution in [0.2, 0.25) is 0 Å². The van der Waals surface area contributed by atoms with Crippen LogP contribution in [0.25, 0.3) is 5.69 Å². The Morgan fingerprint density at radius 1 is 0.744 bits per heavy atom. The Morgan fingerprint density at radius 2 is 1.41 bits per heavy atom. The molecule has 0 spiro atoms. The number of methoxy groups -OCH3 is 1. The second-order valence-electron chi connectivity index (χ2n) is 9.34. The molecule has 1 N–H and O–H groups in total. The summed E-state index contributed by atoms with van der Waals surface area (Å²) in [6.07, 6.45) is 1.83. The van der Waals surface area contributed by atoms with Crippen molar-refractivity contribution in [2.45, 2.75) is 19.0 Å². The standard InChI is InChI=1S/C32H28N4O2S/c1-22-11-20-29(35(22)23-8-4-3-5-9-23)31-30(28-10-6-7-21-33-28)34-32(39)36(31)24-12-14-26(15-13-24)38-27-18-16-25(37-2)17-19-27/h3-21,30-31H,1-2H3,(H,34,39)/t30-,31-/m1/s1. The summed E-state index contributed by atoms with van der Waals surface area (Å²) in [4.78, 5) is 6.88. The van der Waals surface area contributed by atoms with Gasteiger partial charge in [0.2, 0.25) is 0 Å². The predicted octanol–water partition coefficient (Wildman–Crippen LogP) is 7.16. The Hall–Kier alpha value is -4.62. The number of para-hydroxylation sites is 1. The zero-order valence-electron chi connectivity index (χ0n) is 21.7. The normalized spacial score (nSPS) is 16.7. The molecule has 0 bridgehead atoms. The number of nitrogens with one attached hydrogen (secondary N) is 1. The van der Waals surface area contributed by atoms with Gasteiger partial charge in [0, 0.05) is 29.0 Å². The maximum absolute atomic E-state index is 6.07. The van der Waals surface area contributed by atoms with E-state index in [0.29, 0.717) is 5.11 Å². The summed E-state index contributed by atoms with van der Waals surface area (Å²) in [6, 6.07) is 36.0. The van der Waals surface area contributed by atoms with Gasteiger partial charge in [0.25, 0.3) is 0 Å². The van der Waals surface area contributed by atoms with Crippen LogP contribution in [0.4, 0.5) is 5.69 Å². The lowest BCUT2D eigenvalue weighted by Crippen LogP contribution is -2.30. The third kappa shape index (κ3) is 4.84. The third-order valence-electron chi connectivity index (χ3n) is 6.93. The molecule has 3 heterocycles. The zero-order valence-corrected chi connectivity index (χ0v) is 22.5. The Kier molecular flexibility index (Phi) is 6.73. The van der Waals surface area contributed by atoms with Crippen molar-refractivity contribution in [3.8, 4) is 22.9 Å². The van der Waals surface area contributed by atoms with E-state index >= 15 is 0 Å². The summed E-state index contributed by atoms with van der Waals surface area (Å²) >= 11 is 5.94. The molecule has 2 aromatic heterocycles. The molecule has 0 saturated carbocycles. The molecule has 1 aliphatic rings. The molecule has 6 nitrogen and oxygen atoms in total. The molecular weight excluding hydrogens is 504 g/mol. The van der Waals surface area contributed by atoms with E-state index in [1.165, 1.54) is 0 Å². The number of ether oxygens (including phenoxy) is 2. The maximum atomic E-state index is 6.07. The van der Waals surface area contributed by atoms with Crippen LogP contribution in [-0.2, 0) is 0 Å². The van der Waals surface area contributed by atoms with E-state index in [1.54, 1.807) is 7.11 Å². The summed E-state index contributed by atoms with van der Waals surface area (Å²) in [5.74, 6) is 2.27. The summed E-state index contributed by atoms with van der Waals surface area (Å²) in [6.45, 7) is 2.13. The first-order valence-electron chi connectivity index (χ1n) is 12.8. The monoisotopic (exact) mass is 532 g/mol. The van der Waals surface area contributed by atoms with Crippen LogP contribution in [0, 0.1) is 6.92 Å². The summed E-state index contributed by atoms with van der Waals surface area (Å²) in [5.41, 5.74) is 5.29. The van der Waals surface area contributed by atoms with Crippen molar-refractivity contribution in [2.75, 3.05) is 12.0 Å². The van der Waals surface area contributed by atoms with Crippen molar-refractivity contribution in [3.63, 3.8) is 0 Å². The number of anilines is 1. The highest BCUT2D eigenvalue weighted by molar-refractivity contribution is 7.80. The van der Waals surface area contributed by atoms with Gasteiger partial charge in [-0.2, -0.15) is 0 Å². The van der Waals surface area contributed by atoms with E-state index in [4.69, 9.17) is 26.7 Å². The molecule has 0 amide bonds. The molecule has 0 unspecified atom stereocenters. The minimum Gasteiger partial charge on any atom is -0.497 e. The SMILES string of the molecule is COc1ccc(Oc2ccc(N3C(=S)N[C@H](c4ccccn4)[C@H]3c3ccc(C)n3-c3ccccc3)cc2)cc1. The fourth-order valence-corrected chi connectivity index (χ4v) is 5.45. The quantitative estimate of drug-likeness (QED) is 0.225. The van der Waals surface area contributed by atoms with Crippen molar-refractivity contribution >= 4 is 23.0 Å². The second kappa shape index (κ2) is 10.6. The first kappa shape index (κ1) is 24.7. The van der Waals surface area contributed by atoms with E-state index in [0.717, 1.165) is 45.7 Å². The van der Waals surface area contributed by atoms with Crippen molar-refractivity contribution in [3.05, 3.63) is 132 Å². The number of thiocarbonyl (C=S) groups is 1. The maximum Gasteiger partial charge on any atom is 0.174 e. The first-order valence-corrected chi connectivity index (χ1v) is 13.2. The van der Waals surface area contributed by atoms with Crippen LogP contribution in [0.15, 0.2) is 115 Å². The molecule has 1 saturated heterocycles. The molecular formula is C32H28N4O2S. The van der Waals surface area contributed by atoms with Crippen molar-refractivity contribution in [2.24, 2.45) is 0 Å². The smallest absolute Gasteiger partial charge is 0.174 e. The summed E-state index contributed by atoms with van der Waals surface area (Å²) in [5, 5.41) is 4.21. The molecule has 1 fully saturated rings. The van der Waals surface area contributed by atoms with Crippen LogP contribution in [0.3, 0.4) is 0 Å². The van der Waals surface area contributed by atoms with Crippen LogP contribution in [0.5, 0.6) is 17.2 Å². The van der Waals surface area contributed by atoms with Gasteiger partial charge in [-0.15, -0.1) is 0 Å². The van der Waals surface area contributed by atoms with Gasteiger partial charge in [0.15, 0.2) is 5.11 Å². The lowest BCUT2D eigenvalue weighted by atomic mass is 10.0. The van der Waals surface area contributed by atoms with Crippen LogP contribution >= 0.6 is 12.2 Å². The van der Waals surface area contributed by atoms with Crippen LogP contribution < -0.4 is 19.7 Å². The predicted molar refractivity (Wildman–Crippen MR) is 158 cm³/mol. The highest BCUT2D eigenvalue weighted by Gasteiger charge is 2.42. The van der Waals surface area contributed by atoms with Gasteiger partial charge in [-0.1, -0.05) is 24.3 Å². The van der Waals surface area contributed by atoms with Gasteiger partial charge in [0.05, 0.1) is 18.8 Å². The fourth-order valence-electron chi connectivity index (χ4n) is 5.11. The molecule has 7 heteroatoms.